The second-order valence-corrected chi connectivity index (χ2v) is 35.1. The molecule has 0 radical (unpaired) electrons. The normalized spacial score (nSPS) is 29.7. The third-order valence-electron chi connectivity index (χ3n) is 15.4. The summed E-state index contributed by atoms with van der Waals surface area (Å²) in [5.74, 6) is -1.47. The van der Waals surface area contributed by atoms with E-state index < -0.39 is 143 Å². The van der Waals surface area contributed by atoms with Crippen LogP contribution >= 0.6 is 26.9 Å². The highest BCUT2D eigenvalue weighted by molar-refractivity contribution is 8.08. The summed E-state index contributed by atoms with van der Waals surface area (Å²) in [6.07, 6.45) is -5.68. The van der Waals surface area contributed by atoms with Gasteiger partial charge in [-0.1, -0.05) is 33.6 Å². The third kappa shape index (κ3) is 36.7. The molecule has 32 nitrogen and oxygen atoms in total. The Morgan fingerprint density at radius 3 is 1.07 bits per heavy atom. The smallest absolute Gasteiger partial charge is 0.324 e. The number of amides is 1. The van der Waals surface area contributed by atoms with Gasteiger partial charge in [-0.25, -0.2) is 0 Å². The molecule has 0 aromatic carbocycles. The van der Waals surface area contributed by atoms with Crippen LogP contribution in [0.5, 0.6) is 0 Å². The van der Waals surface area contributed by atoms with Crippen molar-refractivity contribution < 1.29 is 149 Å². The fraction of sp³-hybridized carbons (Fsp3) is 0.982. The maximum Gasteiger partial charge on any atom is 0.324 e. The quantitative estimate of drug-likeness (QED) is 0.0307. The number of carbonyl (C=O) groups is 1. The Kier molecular flexibility index (Phi) is 47.1. The van der Waals surface area contributed by atoms with Crippen LogP contribution in [0.4, 0.5) is 0 Å². The predicted octanol–water partition coefficient (Wildman–Crippen LogP) is 2.30. The molecule has 570 valence electrons. The number of aliphatic hydroxyl groups is 8. The average molecular weight is 1550 g/mol. The van der Waals surface area contributed by atoms with Gasteiger partial charge in [0, 0.05) is 72.1 Å². The monoisotopic (exact) mass is 1550 g/mol. The minimum absolute atomic E-state index is 0.00443. The number of aliphatic hydroxyl groups excluding tert-OH is 8. The lowest BCUT2D eigenvalue weighted by Crippen LogP contribution is -2.64. The average Bonchev–Trinajstić information content (AvgIpc) is 0.898. The van der Waals surface area contributed by atoms with Gasteiger partial charge in [-0.15, -0.1) is 0 Å². The Bertz CT molecular complexity index is 2190. The van der Waals surface area contributed by atoms with Crippen molar-refractivity contribution in [3.63, 3.8) is 0 Å². The highest BCUT2D eigenvalue weighted by Crippen LogP contribution is 2.46. The second-order valence-electron chi connectivity index (χ2n) is 23.6. The molecule has 3 aliphatic rings. The van der Waals surface area contributed by atoms with E-state index in [1.54, 1.807) is 13.8 Å². The van der Waals surface area contributed by atoms with E-state index in [-0.39, 0.29) is 119 Å². The maximum atomic E-state index is 11.8. The van der Waals surface area contributed by atoms with Crippen molar-refractivity contribution in [1.29, 1.82) is 0 Å². The van der Waals surface area contributed by atoms with Gasteiger partial charge in [-0.2, -0.15) is 0 Å². The summed E-state index contributed by atoms with van der Waals surface area (Å²) >= 11 is 20.7. The van der Waals surface area contributed by atoms with Gasteiger partial charge in [0.25, 0.3) is 0 Å². The fourth-order valence-electron chi connectivity index (χ4n) is 9.80. The Morgan fingerprint density at radius 1 is 0.417 bits per heavy atom. The first-order valence-corrected chi connectivity index (χ1v) is 43.0. The summed E-state index contributed by atoms with van der Waals surface area (Å²) in [5.41, 5.74) is -0.928. The van der Waals surface area contributed by atoms with E-state index in [0.717, 1.165) is 12.8 Å². The lowest BCUT2D eigenvalue weighted by atomic mass is 9.91. The van der Waals surface area contributed by atoms with Gasteiger partial charge in [-0.3, -0.25) is 4.79 Å². The van der Waals surface area contributed by atoms with E-state index in [1.165, 1.54) is 14.0 Å². The number of unbranched alkanes of at least 4 members (excludes halogenated alkanes) is 6. The molecule has 0 aliphatic carbocycles. The summed E-state index contributed by atoms with van der Waals surface area (Å²) in [5, 5.41) is 83.5. The van der Waals surface area contributed by atoms with Crippen molar-refractivity contribution in [1.82, 2.24) is 5.32 Å². The second kappa shape index (κ2) is 49.6. The first-order chi connectivity index (χ1) is 45.6. The first kappa shape index (κ1) is 91.1. The molecule has 20 atom stereocenters. The van der Waals surface area contributed by atoms with Crippen LogP contribution in [0.15, 0.2) is 0 Å². The minimum Gasteiger partial charge on any atom is -0.394 e. The Balaban J connectivity index is 1.56. The number of hydrogen-bond acceptors (Lipinski definition) is 31. The van der Waals surface area contributed by atoms with Crippen molar-refractivity contribution in [2.24, 2.45) is 17.3 Å². The summed E-state index contributed by atoms with van der Waals surface area (Å²) in [4.78, 5) is 54.0. The lowest BCUT2D eigenvalue weighted by Gasteiger charge is -2.42. The number of hydrogen-bond donors (Lipinski definition) is 13. The Labute approximate surface area is 585 Å². The molecular formula is C56H111NO31P4S4. The summed E-state index contributed by atoms with van der Waals surface area (Å²) in [6, 6.07) is -1.09. The standard InChI is InChI=1S/C56H111NO31P4S4/c1-6-43-49(63)47(61)40(2)53(86-43)76-24-11-14-28-80-90(68,94)83-31-17-21-73-37-56(36-72-20-9-7-8-10-27-79-89(67,93)71-5,38-74-22-18-32-84-91(69,95)81-29-15-12-25-77-54-41(3)48(62)50(64)44(34-58)87-54)39-75-23-19-33-85-92(70,96)82-30-16-13-26-78-55-46(57-42(4)60)52(66)51(65)45(35-59)88-55/h40-41,43-55,58-59,61-66H,6-39H2,1-5H3,(H,57,60)(H,67,93)(H,68,94)(H,69,95)(H,70,96)/t40?,41?,43?,44?,45?,46?,47-,48-,49+,50+,51+,52-,53-,54-,55-,56?,89?,90?,91?,92?/m1/s1. The molecule has 0 aromatic heterocycles. The van der Waals surface area contributed by atoms with Crippen LogP contribution in [0.25, 0.3) is 0 Å². The van der Waals surface area contributed by atoms with Gasteiger partial charge >= 0.3 is 26.9 Å². The Morgan fingerprint density at radius 2 is 0.708 bits per heavy atom. The topological polar surface area (TPSA) is 438 Å². The highest BCUT2D eigenvalue weighted by Gasteiger charge is 2.46. The summed E-state index contributed by atoms with van der Waals surface area (Å²) in [6.45, 7) is -6.77. The number of nitrogens with one attached hydrogen (secondary N) is 1. The first-order valence-electron chi connectivity index (χ1n) is 32.6. The SMILES string of the molecule is CCC1O[C@@H](OCCCCOP(O)(=S)OCCCOCC(COCCCCCCOP(O)(=S)OC)(COCCCOP(O)(=S)OCCCCO[C@@H]2OC(CO)[C@H](O)[C@H](O)C2C)COCCCOP(O)(=S)OCCCCO[C@@H]2OC(CO)[C@H](O)[C@H](O)C2NC(C)=O)C(C)[C@@H](O)[C@H]1O. The summed E-state index contributed by atoms with van der Waals surface area (Å²) < 4.78 is 103. The van der Waals surface area contributed by atoms with E-state index >= 15 is 0 Å². The lowest BCUT2D eigenvalue weighted by molar-refractivity contribution is -0.282. The van der Waals surface area contributed by atoms with Crippen LogP contribution in [0.2, 0.25) is 0 Å². The van der Waals surface area contributed by atoms with Crippen molar-refractivity contribution in [3.8, 4) is 0 Å². The molecule has 0 spiro atoms. The van der Waals surface area contributed by atoms with Crippen molar-refractivity contribution in [2.45, 2.75) is 197 Å². The molecule has 0 aromatic rings. The van der Waals surface area contributed by atoms with Gasteiger partial charge in [0.1, 0.15) is 42.7 Å². The molecule has 0 bridgehead atoms. The molecule has 96 heavy (non-hydrogen) atoms. The molecular weight excluding hydrogens is 1430 g/mol. The summed E-state index contributed by atoms with van der Waals surface area (Å²) in [7, 11) is 1.29. The molecule has 1 amide bonds. The van der Waals surface area contributed by atoms with Gasteiger partial charge < -0.3 is 149 Å². The molecule has 0 saturated carbocycles. The Hall–Kier alpha value is 0.870. The molecule has 3 rings (SSSR count). The fourth-order valence-corrected chi connectivity index (χ4v) is 14.2. The molecule has 13 N–H and O–H groups in total. The van der Waals surface area contributed by atoms with Crippen LogP contribution in [-0.4, -0.2) is 285 Å². The largest absolute Gasteiger partial charge is 0.394 e. The van der Waals surface area contributed by atoms with Gasteiger partial charge in [0.2, 0.25) is 5.91 Å². The van der Waals surface area contributed by atoms with E-state index in [0.29, 0.717) is 77.2 Å². The van der Waals surface area contributed by atoms with Crippen LogP contribution < -0.4 is 5.32 Å². The zero-order valence-electron chi connectivity index (χ0n) is 55.7. The van der Waals surface area contributed by atoms with E-state index in [2.05, 4.69) is 5.32 Å². The van der Waals surface area contributed by atoms with Gasteiger partial charge in [0.15, 0.2) is 18.9 Å². The number of ether oxygens (including phenoxy) is 10. The third-order valence-corrected chi connectivity index (χ3v) is 22.1. The van der Waals surface area contributed by atoms with Crippen LogP contribution in [-0.2, 0) is 136 Å². The molecule has 3 heterocycles. The number of rotatable bonds is 57. The van der Waals surface area contributed by atoms with E-state index in [1.807, 2.05) is 6.92 Å². The van der Waals surface area contributed by atoms with Crippen molar-refractivity contribution >= 4 is 80.0 Å². The van der Waals surface area contributed by atoms with E-state index in [9.17, 15) is 65.2 Å². The van der Waals surface area contributed by atoms with Crippen molar-refractivity contribution in [2.75, 3.05) is 139 Å². The van der Waals surface area contributed by atoms with Crippen molar-refractivity contribution in [3.05, 3.63) is 0 Å². The minimum atomic E-state index is -3.69. The van der Waals surface area contributed by atoms with Crippen LogP contribution in [0, 0.1) is 17.3 Å². The van der Waals surface area contributed by atoms with Crippen LogP contribution in [0.3, 0.4) is 0 Å². The molecule has 3 aliphatic heterocycles. The molecule has 3 saturated heterocycles. The van der Waals surface area contributed by atoms with Gasteiger partial charge in [0.05, 0.1) is 110 Å². The number of carbonyl (C=O) groups excluding carboxylic acids is 1. The molecule has 40 heteroatoms. The van der Waals surface area contributed by atoms with Gasteiger partial charge in [-0.05, 0) is 124 Å². The zero-order valence-corrected chi connectivity index (χ0v) is 62.6. The van der Waals surface area contributed by atoms with Crippen LogP contribution in [0.1, 0.15) is 118 Å². The molecule has 11 unspecified atom stereocenters. The highest BCUT2D eigenvalue weighted by atomic mass is 32.5. The molecule has 3 fully saturated rings. The zero-order chi connectivity index (χ0) is 71.2. The van der Waals surface area contributed by atoms with E-state index in [4.69, 9.17) is 131 Å². The predicted molar refractivity (Wildman–Crippen MR) is 361 cm³/mol. The maximum absolute atomic E-state index is 11.8.